The standard InChI is InChI=1S/C16H34N2/c1-7-9-18(8-2)16(13-17)11-14(3,4)10-15(5,6)12-16/h7-13,17H2,1-6H3. The predicted molar refractivity (Wildman–Crippen MR) is 80.7 cm³/mol. The molecule has 2 N–H and O–H groups in total. The zero-order valence-corrected chi connectivity index (χ0v) is 13.5. The number of nitrogens with zero attached hydrogens (tertiary/aromatic N) is 1. The van der Waals surface area contributed by atoms with Gasteiger partial charge in [-0.25, -0.2) is 0 Å². The van der Waals surface area contributed by atoms with Gasteiger partial charge in [0.25, 0.3) is 0 Å². The summed E-state index contributed by atoms with van der Waals surface area (Å²) in [6.07, 6.45) is 5.02. The molecule has 1 rings (SSSR count). The summed E-state index contributed by atoms with van der Waals surface area (Å²) in [6.45, 7) is 17.3. The molecule has 0 atom stereocenters. The Labute approximate surface area is 114 Å². The van der Waals surface area contributed by atoms with Crippen LogP contribution in [0.3, 0.4) is 0 Å². The summed E-state index contributed by atoms with van der Waals surface area (Å²) in [6, 6.07) is 0. The first-order valence-corrected chi connectivity index (χ1v) is 7.65. The van der Waals surface area contributed by atoms with Crippen LogP contribution in [-0.2, 0) is 0 Å². The van der Waals surface area contributed by atoms with E-state index < -0.39 is 0 Å². The lowest BCUT2D eigenvalue weighted by atomic mass is 9.58. The van der Waals surface area contributed by atoms with Gasteiger partial charge < -0.3 is 5.73 Å². The average molecular weight is 254 g/mol. The van der Waals surface area contributed by atoms with Crippen LogP contribution in [0.5, 0.6) is 0 Å². The molecule has 0 heterocycles. The van der Waals surface area contributed by atoms with E-state index in [0.717, 1.165) is 13.1 Å². The van der Waals surface area contributed by atoms with Crippen molar-refractivity contribution in [2.24, 2.45) is 16.6 Å². The normalized spacial score (nSPS) is 25.3. The molecule has 1 aliphatic carbocycles. The molecule has 1 saturated carbocycles. The maximum atomic E-state index is 6.25. The molecule has 18 heavy (non-hydrogen) atoms. The summed E-state index contributed by atoms with van der Waals surface area (Å²) < 4.78 is 0. The molecular formula is C16H34N2. The number of rotatable bonds is 5. The average Bonchev–Trinajstić information content (AvgIpc) is 2.21. The predicted octanol–water partition coefficient (Wildman–Crippen LogP) is 3.65. The van der Waals surface area contributed by atoms with Crippen LogP contribution < -0.4 is 5.73 Å². The number of nitrogens with two attached hydrogens (primary N) is 1. The SMILES string of the molecule is CCCN(CC)C1(CN)CC(C)(C)CC(C)(C)C1. The molecule has 1 aliphatic rings. The topological polar surface area (TPSA) is 29.3 Å². The van der Waals surface area contributed by atoms with Crippen LogP contribution in [0.15, 0.2) is 0 Å². The minimum atomic E-state index is 0.218. The van der Waals surface area contributed by atoms with Crippen LogP contribution in [0.4, 0.5) is 0 Å². The minimum absolute atomic E-state index is 0.218. The minimum Gasteiger partial charge on any atom is -0.329 e. The Kier molecular flexibility index (Phi) is 4.88. The Bertz CT molecular complexity index is 252. The van der Waals surface area contributed by atoms with Gasteiger partial charge in [-0.3, -0.25) is 4.90 Å². The Morgan fingerprint density at radius 2 is 1.44 bits per heavy atom. The van der Waals surface area contributed by atoms with E-state index in [2.05, 4.69) is 46.4 Å². The second kappa shape index (κ2) is 5.50. The second-order valence-corrected chi connectivity index (χ2v) is 7.87. The largest absolute Gasteiger partial charge is 0.329 e. The summed E-state index contributed by atoms with van der Waals surface area (Å²) in [5.41, 5.74) is 7.27. The van der Waals surface area contributed by atoms with Gasteiger partial charge in [-0.15, -0.1) is 0 Å². The molecule has 0 saturated heterocycles. The van der Waals surface area contributed by atoms with E-state index >= 15 is 0 Å². The Morgan fingerprint density at radius 3 is 1.78 bits per heavy atom. The summed E-state index contributed by atoms with van der Waals surface area (Å²) in [4.78, 5) is 2.65. The lowest BCUT2D eigenvalue weighted by Crippen LogP contribution is -2.60. The molecule has 0 unspecified atom stereocenters. The monoisotopic (exact) mass is 254 g/mol. The van der Waals surface area contributed by atoms with Crippen molar-refractivity contribution in [3.63, 3.8) is 0 Å². The quantitative estimate of drug-likeness (QED) is 0.811. The molecule has 0 amide bonds. The zero-order valence-electron chi connectivity index (χ0n) is 13.5. The molecule has 0 aromatic rings. The van der Waals surface area contributed by atoms with Crippen molar-refractivity contribution in [3.05, 3.63) is 0 Å². The van der Waals surface area contributed by atoms with E-state index in [4.69, 9.17) is 5.73 Å². The van der Waals surface area contributed by atoms with Crippen LogP contribution in [-0.4, -0.2) is 30.1 Å². The third kappa shape index (κ3) is 3.48. The van der Waals surface area contributed by atoms with E-state index in [-0.39, 0.29) is 5.54 Å². The van der Waals surface area contributed by atoms with Gasteiger partial charge in [0.1, 0.15) is 0 Å². The van der Waals surface area contributed by atoms with E-state index in [1.165, 1.54) is 32.2 Å². The fourth-order valence-electron chi connectivity index (χ4n) is 4.76. The zero-order chi connectivity index (χ0) is 14.0. The molecule has 2 heteroatoms. The van der Waals surface area contributed by atoms with Gasteiger partial charge in [0.15, 0.2) is 0 Å². The molecule has 0 radical (unpaired) electrons. The smallest absolute Gasteiger partial charge is 0.0341 e. The van der Waals surface area contributed by atoms with E-state index in [1.54, 1.807) is 0 Å². The lowest BCUT2D eigenvalue weighted by Gasteiger charge is -2.56. The molecule has 0 bridgehead atoms. The third-order valence-electron chi connectivity index (χ3n) is 4.50. The van der Waals surface area contributed by atoms with Crippen LogP contribution in [0.1, 0.15) is 67.2 Å². The van der Waals surface area contributed by atoms with Crippen LogP contribution in [0.2, 0.25) is 0 Å². The molecule has 0 aromatic carbocycles. The molecular weight excluding hydrogens is 220 g/mol. The van der Waals surface area contributed by atoms with Crippen molar-refractivity contribution >= 4 is 0 Å². The number of hydrogen-bond acceptors (Lipinski definition) is 2. The summed E-state index contributed by atoms with van der Waals surface area (Å²) in [7, 11) is 0. The van der Waals surface area contributed by atoms with Gasteiger partial charge in [0.05, 0.1) is 0 Å². The van der Waals surface area contributed by atoms with Gasteiger partial charge in [-0.1, -0.05) is 41.5 Å². The second-order valence-electron chi connectivity index (χ2n) is 7.87. The fourth-order valence-corrected chi connectivity index (χ4v) is 4.76. The van der Waals surface area contributed by atoms with Crippen molar-refractivity contribution < 1.29 is 0 Å². The van der Waals surface area contributed by atoms with Gasteiger partial charge >= 0.3 is 0 Å². The lowest BCUT2D eigenvalue weighted by molar-refractivity contribution is -0.0415. The van der Waals surface area contributed by atoms with Gasteiger partial charge in [-0.2, -0.15) is 0 Å². The third-order valence-corrected chi connectivity index (χ3v) is 4.50. The first-order valence-electron chi connectivity index (χ1n) is 7.65. The van der Waals surface area contributed by atoms with Crippen molar-refractivity contribution in [1.82, 2.24) is 4.90 Å². The number of likely N-dealkylation sites (N-methyl/N-ethyl adjacent to an activating group) is 1. The van der Waals surface area contributed by atoms with E-state index in [0.29, 0.717) is 10.8 Å². The van der Waals surface area contributed by atoms with Gasteiger partial charge in [0.2, 0.25) is 0 Å². The molecule has 0 aromatic heterocycles. The van der Waals surface area contributed by atoms with Crippen LogP contribution >= 0.6 is 0 Å². The van der Waals surface area contributed by atoms with Gasteiger partial charge in [0, 0.05) is 12.1 Å². The highest BCUT2D eigenvalue weighted by atomic mass is 15.2. The van der Waals surface area contributed by atoms with Crippen molar-refractivity contribution in [3.8, 4) is 0 Å². The first-order chi connectivity index (χ1) is 8.20. The van der Waals surface area contributed by atoms with Crippen LogP contribution in [0.25, 0.3) is 0 Å². The summed E-state index contributed by atoms with van der Waals surface area (Å²) >= 11 is 0. The highest BCUT2D eigenvalue weighted by Gasteiger charge is 2.48. The van der Waals surface area contributed by atoms with Crippen molar-refractivity contribution in [1.29, 1.82) is 0 Å². The van der Waals surface area contributed by atoms with E-state index in [9.17, 15) is 0 Å². The Morgan fingerprint density at radius 1 is 0.944 bits per heavy atom. The van der Waals surface area contributed by atoms with Crippen LogP contribution in [0, 0.1) is 10.8 Å². The highest BCUT2D eigenvalue weighted by molar-refractivity contribution is 5.04. The Balaban J connectivity index is 3.04. The number of hydrogen-bond donors (Lipinski definition) is 1. The molecule has 0 spiro atoms. The summed E-state index contributed by atoms with van der Waals surface area (Å²) in [5.74, 6) is 0. The molecule has 2 nitrogen and oxygen atoms in total. The maximum Gasteiger partial charge on any atom is 0.0341 e. The molecule has 1 fully saturated rings. The fraction of sp³-hybridized carbons (Fsp3) is 1.00. The van der Waals surface area contributed by atoms with Crippen molar-refractivity contribution in [2.75, 3.05) is 19.6 Å². The van der Waals surface area contributed by atoms with Crippen molar-refractivity contribution in [2.45, 2.75) is 72.8 Å². The van der Waals surface area contributed by atoms with E-state index in [1.807, 2.05) is 0 Å². The first kappa shape index (κ1) is 16.0. The maximum absolute atomic E-state index is 6.25. The Hall–Kier alpha value is -0.0800. The molecule has 0 aliphatic heterocycles. The van der Waals surface area contributed by atoms with Gasteiger partial charge in [-0.05, 0) is 49.6 Å². The highest BCUT2D eigenvalue weighted by Crippen LogP contribution is 2.51. The molecule has 108 valence electrons. The summed E-state index contributed by atoms with van der Waals surface area (Å²) in [5, 5.41) is 0.